The van der Waals surface area contributed by atoms with E-state index in [9.17, 15) is 13.2 Å². The van der Waals surface area contributed by atoms with Crippen molar-refractivity contribution in [2.75, 3.05) is 29.8 Å². The molecule has 2 N–H and O–H groups in total. The zero-order valence-corrected chi connectivity index (χ0v) is 15.8. The second-order valence-corrected chi connectivity index (χ2v) is 8.05. The van der Waals surface area contributed by atoms with Crippen LogP contribution in [0.2, 0.25) is 0 Å². The molecule has 0 saturated carbocycles. The maximum Gasteiger partial charge on any atom is 0.335 e. The maximum absolute atomic E-state index is 12.8. The molecule has 1 fully saturated rings. The minimum absolute atomic E-state index is 0.0908. The first-order valence-electron chi connectivity index (χ1n) is 8.70. The van der Waals surface area contributed by atoms with Gasteiger partial charge in [-0.3, -0.25) is 4.72 Å². The minimum atomic E-state index is -3.96. The first-order valence-corrected chi connectivity index (χ1v) is 10.2. The van der Waals surface area contributed by atoms with E-state index in [1.54, 1.807) is 12.1 Å². The lowest BCUT2D eigenvalue weighted by molar-refractivity contribution is 0.0696. The second kappa shape index (κ2) is 7.87. The normalized spacial score (nSPS) is 14.6. The van der Waals surface area contributed by atoms with Gasteiger partial charge in [-0.05, 0) is 55.7 Å². The summed E-state index contributed by atoms with van der Waals surface area (Å²) in [5.74, 6) is -0.787. The predicted octanol–water partition coefficient (Wildman–Crippen LogP) is 3.18. The number of rotatable bonds is 6. The van der Waals surface area contributed by atoms with Gasteiger partial charge in [0, 0.05) is 18.8 Å². The number of benzene rings is 2. The van der Waals surface area contributed by atoms with Crippen molar-refractivity contribution < 1.29 is 23.1 Å². The lowest BCUT2D eigenvalue weighted by Gasteiger charge is -2.29. The maximum atomic E-state index is 12.8. The van der Waals surface area contributed by atoms with Gasteiger partial charge in [-0.2, -0.15) is 0 Å². The number of carboxylic acids is 1. The van der Waals surface area contributed by atoms with E-state index >= 15 is 0 Å². The third-order valence-electron chi connectivity index (χ3n) is 4.54. The van der Waals surface area contributed by atoms with Gasteiger partial charge in [0.2, 0.25) is 0 Å². The Kier molecular flexibility index (Phi) is 5.55. The van der Waals surface area contributed by atoms with Crippen LogP contribution in [-0.2, 0) is 10.0 Å². The first kappa shape index (κ1) is 19.0. The van der Waals surface area contributed by atoms with Gasteiger partial charge >= 0.3 is 5.97 Å². The molecule has 0 radical (unpaired) electrons. The number of hydrogen-bond donors (Lipinski definition) is 2. The molecule has 0 aliphatic carbocycles. The number of carboxylic acid groups (broad SMARTS) is 1. The summed E-state index contributed by atoms with van der Waals surface area (Å²) >= 11 is 0. The summed E-state index contributed by atoms with van der Waals surface area (Å²) in [6.07, 6.45) is 3.41. The molecule has 2 aromatic carbocycles. The van der Waals surface area contributed by atoms with Crippen molar-refractivity contribution in [3.8, 4) is 5.75 Å². The zero-order valence-electron chi connectivity index (χ0n) is 15.0. The van der Waals surface area contributed by atoms with Crippen LogP contribution in [0, 0.1) is 0 Å². The number of anilines is 2. The topological polar surface area (TPSA) is 95.9 Å². The number of piperidine rings is 1. The quantitative estimate of drug-likeness (QED) is 0.786. The molecule has 1 aliphatic heterocycles. The molecule has 1 aliphatic rings. The van der Waals surface area contributed by atoms with E-state index in [0.717, 1.165) is 37.7 Å². The zero-order chi connectivity index (χ0) is 19.4. The summed E-state index contributed by atoms with van der Waals surface area (Å²) in [5.41, 5.74) is 1.15. The molecule has 0 bridgehead atoms. The molecule has 8 heteroatoms. The Bertz CT molecular complexity index is 937. The van der Waals surface area contributed by atoms with Gasteiger partial charge in [0.1, 0.15) is 5.75 Å². The highest BCUT2D eigenvalue weighted by atomic mass is 32.2. The highest BCUT2D eigenvalue weighted by Crippen LogP contribution is 2.32. The van der Waals surface area contributed by atoms with Crippen LogP contribution in [0.4, 0.5) is 11.4 Å². The van der Waals surface area contributed by atoms with Crippen LogP contribution >= 0.6 is 0 Å². The molecule has 0 aromatic heterocycles. The molecule has 1 saturated heterocycles. The van der Waals surface area contributed by atoms with Crippen molar-refractivity contribution in [3.05, 3.63) is 48.0 Å². The van der Waals surface area contributed by atoms with E-state index in [1.807, 2.05) is 6.07 Å². The first-order chi connectivity index (χ1) is 12.9. The standard InChI is InChI=1S/C19H22N2O5S/c1-26-18-9-8-15(21-10-3-2-4-11-21)13-17(18)20-27(24,25)16-7-5-6-14(12-16)19(22)23/h5-9,12-13,20H,2-4,10-11H2,1H3,(H,22,23). The number of sulfonamides is 1. The van der Waals surface area contributed by atoms with E-state index in [4.69, 9.17) is 9.84 Å². The van der Waals surface area contributed by atoms with Crippen LogP contribution in [0.15, 0.2) is 47.4 Å². The molecule has 3 rings (SSSR count). The number of nitrogens with one attached hydrogen (secondary N) is 1. The molecule has 1 heterocycles. The smallest absolute Gasteiger partial charge is 0.335 e. The van der Waals surface area contributed by atoms with E-state index in [1.165, 1.54) is 31.7 Å². The van der Waals surface area contributed by atoms with Gasteiger partial charge in [0.15, 0.2) is 0 Å². The Morgan fingerprint density at radius 1 is 1.11 bits per heavy atom. The molecule has 0 amide bonds. The lowest BCUT2D eigenvalue weighted by atomic mass is 10.1. The van der Waals surface area contributed by atoms with Gasteiger partial charge < -0.3 is 14.7 Å². The summed E-state index contributed by atoms with van der Waals surface area (Å²) in [6, 6.07) is 10.6. The number of carbonyl (C=O) groups is 1. The molecule has 0 atom stereocenters. The van der Waals surface area contributed by atoms with Crippen LogP contribution in [0.1, 0.15) is 29.6 Å². The van der Waals surface area contributed by atoms with Crippen molar-refractivity contribution in [1.82, 2.24) is 0 Å². The molecule has 0 spiro atoms. The Morgan fingerprint density at radius 2 is 1.85 bits per heavy atom. The van der Waals surface area contributed by atoms with Crippen LogP contribution in [0.3, 0.4) is 0 Å². The summed E-state index contributed by atoms with van der Waals surface area (Å²) < 4.78 is 33.3. The van der Waals surface area contributed by atoms with Gasteiger partial charge in [-0.15, -0.1) is 0 Å². The number of hydrogen-bond acceptors (Lipinski definition) is 5. The predicted molar refractivity (Wildman–Crippen MR) is 103 cm³/mol. The molecule has 2 aromatic rings. The molecule has 27 heavy (non-hydrogen) atoms. The molecule has 0 unspecified atom stereocenters. The van der Waals surface area contributed by atoms with Crippen LogP contribution in [0.25, 0.3) is 0 Å². The Balaban J connectivity index is 1.93. The number of aromatic carboxylic acids is 1. The van der Waals surface area contributed by atoms with E-state index in [-0.39, 0.29) is 10.5 Å². The summed E-state index contributed by atoms with van der Waals surface area (Å²) in [6.45, 7) is 1.86. The van der Waals surface area contributed by atoms with Crippen LogP contribution in [-0.4, -0.2) is 39.7 Å². The van der Waals surface area contributed by atoms with Crippen molar-refractivity contribution >= 4 is 27.4 Å². The highest BCUT2D eigenvalue weighted by Gasteiger charge is 2.20. The Labute approximate surface area is 158 Å². The summed E-state index contributed by atoms with van der Waals surface area (Å²) in [7, 11) is -2.49. The third kappa shape index (κ3) is 4.33. The second-order valence-electron chi connectivity index (χ2n) is 6.37. The van der Waals surface area contributed by atoms with E-state index < -0.39 is 16.0 Å². The van der Waals surface area contributed by atoms with Crippen molar-refractivity contribution in [2.24, 2.45) is 0 Å². The number of methoxy groups -OCH3 is 1. The Hall–Kier alpha value is -2.74. The van der Waals surface area contributed by atoms with Gasteiger partial charge in [0.05, 0.1) is 23.3 Å². The van der Waals surface area contributed by atoms with Gasteiger partial charge in [-0.1, -0.05) is 6.07 Å². The molecular weight excluding hydrogens is 368 g/mol. The minimum Gasteiger partial charge on any atom is -0.495 e. The number of ether oxygens (including phenoxy) is 1. The van der Waals surface area contributed by atoms with Crippen molar-refractivity contribution in [2.45, 2.75) is 24.2 Å². The fourth-order valence-corrected chi connectivity index (χ4v) is 4.23. The fourth-order valence-electron chi connectivity index (χ4n) is 3.12. The van der Waals surface area contributed by atoms with E-state index in [2.05, 4.69) is 9.62 Å². The molecule has 144 valence electrons. The summed E-state index contributed by atoms with van der Waals surface area (Å²) in [4.78, 5) is 13.2. The monoisotopic (exact) mass is 390 g/mol. The highest BCUT2D eigenvalue weighted by molar-refractivity contribution is 7.92. The van der Waals surface area contributed by atoms with Crippen LogP contribution in [0.5, 0.6) is 5.75 Å². The SMILES string of the molecule is COc1ccc(N2CCCCC2)cc1NS(=O)(=O)c1cccc(C(=O)O)c1. The van der Waals surface area contributed by atoms with Crippen LogP contribution < -0.4 is 14.4 Å². The lowest BCUT2D eigenvalue weighted by Crippen LogP contribution is -2.29. The van der Waals surface area contributed by atoms with Gasteiger partial charge in [0.25, 0.3) is 10.0 Å². The average molecular weight is 390 g/mol. The Morgan fingerprint density at radius 3 is 2.52 bits per heavy atom. The molecular formula is C19H22N2O5S. The largest absolute Gasteiger partial charge is 0.495 e. The summed E-state index contributed by atoms with van der Waals surface area (Å²) in [5, 5.41) is 9.09. The van der Waals surface area contributed by atoms with E-state index in [0.29, 0.717) is 11.4 Å². The average Bonchev–Trinajstić information content (AvgIpc) is 2.68. The van der Waals surface area contributed by atoms with Crippen molar-refractivity contribution in [3.63, 3.8) is 0 Å². The molecule has 7 nitrogen and oxygen atoms in total. The fraction of sp³-hybridized carbons (Fsp3) is 0.316. The van der Waals surface area contributed by atoms with Gasteiger partial charge in [-0.25, -0.2) is 13.2 Å². The third-order valence-corrected chi connectivity index (χ3v) is 5.90. The number of nitrogens with zero attached hydrogens (tertiary/aromatic N) is 1. The van der Waals surface area contributed by atoms with Crippen molar-refractivity contribution in [1.29, 1.82) is 0 Å².